The summed E-state index contributed by atoms with van der Waals surface area (Å²) in [5.41, 5.74) is 12.5. The van der Waals surface area contributed by atoms with Crippen molar-refractivity contribution in [1.29, 1.82) is 0 Å². The van der Waals surface area contributed by atoms with Gasteiger partial charge in [0.15, 0.2) is 12.6 Å². The van der Waals surface area contributed by atoms with Crippen LogP contribution in [-0.4, -0.2) is 172 Å². The predicted molar refractivity (Wildman–Crippen MR) is 248 cm³/mol. The summed E-state index contributed by atoms with van der Waals surface area (Å²) in [6.45, 7) is 7.16. The summed E-state index contributed by atoms with van der Waals surface area (Å²) in [4.78, 5) is 72.5. The minimum Gasteiger partial charge on any atom is -0.394 e. The molecule has 2 saturated heterocycles. The maximum atomic E-state index is 12.6. The molecule has 6 amide bonds. The molecule has 2 aliphatic heterocycles. The van der Waals surface area contributed by atoms with Gasteiger partial charge in [-0.3, -0.25) is 28.8 Å². The third-order valence-corrected chi connectivity index (χ3v) is 11.0. The number of rotatable bonds is 22. The topological polar surface area (TPSA) is 361 Å². The largest absolute Gasteiger partial charge is 0.394 e. The van der Waals surface area contributed by atoms with Crippen molar-refractivity contribution in [3.63, 3.8) is 0 Å². The molecule has 22 nitrogen and oxygen atoms in total. The van der Waals surface area contributed by atoms with Crippen molar-refractivity contribution < 1.29 is 78.4 Å². The Kier molecular flexibility index (Phi) is 26.7. The Bertz CT molecular complexity index is 1730. The van der Waals surface area contributed by atoms with Crippen LogP contribution in [0.2, 0.25) is 0 Å². The number of hydrogen-bond donors (Lipinski definition) is 13. The molecule has 0 aliphatic carbocycles. The summed E-state index contributed by atoms with van der Waals surface area (Å²) in [5.74, 6) is -4.97. The Morgan fingerprint density at radius 3 is 1.29 bits per heavy atom. The van der Waals surface area contributed by atoms with Crippen LogP contribution in [0.4, 0.5) is 0 Å². The van der Waals surface area contributed by atoms with E-state index in [9.17, 15) is 59.4 Å². The van der Waals surface area contributed by atoms with E-state index in [0.717, 1.165) is 11.1 Å². The SMILES string of the molecule is CC.CCC(=O)N[C@@H]1C(OC[C@H](C)C(=O)N[C@@H](Cc2ccccc2)C(N)=O)OC(CO)[C@@H](O)[C@@H]1O.C[C@@H](COC1OC(CO)[C@@H](O)[C@H](O)[C@@H]1NC(=O)CS)C(=O)N[C@@H](Cc1ccccc1)C(N)=O. The van der Waals surface area contributed by atoms with E-state index >= 15 is 0 Å². The predicted octanol–water partition coefficient (Wildman–Crippen LogP) is -3.08. The maximum absolute atomic E-state index is 12.6. The van der Waals surface area contributed by atoms with Gasteiger partial charge >= 0.3 is 0 Å². The number of carbonyl (C=O) groups is 6. The average molecular weight is 983 g/mol. The number of primary amides is 2. The first-order valence-electron chi connectivity index (χ1n) is 22.3. The highest BCUT2D eigenvalue weighted by molar-refractivity contribution is 7.81. The molecule has 382 valence electrons. The fourth-order valence-electron chi connectivity index (χ4n) is 6.68. The van der Waals surface area contributed by atoms with Gasteiger partial charge in [-0.1, -0.05) is 95.3 Å². The zero-order chi connectivity index (χ0) is 51.1. The number of thiol groups is 1. The molecule has 2 fully saturated rings. The van der Waals surface area contributed by atoms with Crippen LogP contribution in [0.25, 0.3) is 0 Å². The van der Waals surface area contributed by atoms with Crippen molar-refractivity contribution in [3.8, 4) is 0 Å². The molecule has 2 aromatic rings. The van der Waals surface area contributed by atoms with E-state index in [2.05, 4.69) is 33.9 Å². The summed E-state index contributed by atoms with van der Waals surface area (Å²) in [6, 6.07) is 14.1. The van der Waals surface area contributed by atoms with Crippen LogP contribution in [0.15, 0.2) is 60.7 Å². The molecular weight excluding hydrogens is 913 g/mol. The molecular formula is C45H70N6O16S. The number of aliphatic hydroxyl groups excluding tert-OH is 6. The zero-order valence-electron chi connectivity index (χ0n) is 38.9. The summed E-state index contributed by atoms with van der Waals surface area (Å²) >= 11 is 3.86. The van der Waals surface area contributed by atoms with Gasteiger partial charge in [-0.15, -0.1) is 0 Å². The number of amides is 6. The molecule has 68 heavy (non-hydrogen) atoms. The number of carbonyl (C=O) groups excluding carboxylic acids is 6. The van der Waals surface area contributed by atoms with Gasteiger partial charge < -0.3 is 82.3 Å². The molecule has 0 aromatic heterocycles. The molecule has 2 aromatic carbocycles. The van der Waals surface area contributed by atoms with Gasteiger partial charge in [-0.05, 0) is 11.1 Å². The number of nitrogens with one attached hydrogen (secondary N) is 4. The standard InChI is InChI=1S/C22H33N3O8.C21H31N3O8S.C2H6/c1-3-16(27)25-17-19(29)18(28)15(10-26)33-22(17)32-11-12(2)21(31)24-14(20(23)30)9-13-7-5-4-6-8-13;1-11(20(30)23-13(19(22)29)7-12-5-3-2-4-6-12)9-31-21-16(24-15(26)10-33)18(28)17(27)14(8-25)32-21;1-2/h4-8,12,14-15,17-19,22,26,28-29H,3,9-11H2,1-2H3,(H2,23,30)(H,24,31)(H,25,27);2-6,11,13-14,16-18,21,25,27-28,33H,7-10H2,1H3,(H2,22,29)(H,23,30)(H,24,26);1-2H3/t12-,14-,15?,17-,18+,19+,22?;11-,13-,14?,16-,17+,18+,21?;/m00./s1. The summed E-state index contributed by atoms with van der Waals surface area (Å²) in [7, 11) is 0. The first kappa shape index (κ1) is 59.3. The highest BCUT2D eigenvalue weighted by Gasteiger charge is 2.47. The molecule has 0 saturated carbocycles. The van der Waals surface area contributed by atoms with Crippen molar-refractivity contribution >= 4 is 48.1 Å². The molecule has 14 N–H and O–H groups in total. The lowest BCUT2D eigenvalue weighted by Gasteiger charge is -2.42. The number of hydrogen-bond acceptors (Lipinski definition) is 17. The van der Waals surface area contributed by atoms with Gasteiger partial charge in [0, 0.05) is 19.3 Å². The molecule has 23 heteroatoms. The molecule has 2 heterocycles. The van der Waals surface area contributed by atoms with Gasteiger partial charge in [0.05, 0.1) is 44.0 Å². The van der Waals surface area contributed by atoms with E-state index in [1.807, 2.05) is 74.5 Å². The van der Waals surface area contributed by atoms with E-state index in [1.165, 1.54) is 0 Å². The Labute approximate surface area is 401 Å². The van der Waals surface area contributed by atoms with Crippen molar-refractivity contribution in [2.75, 3.05) is 32.2 Å². The summed E-state index contributed by atoms with van der Waals surface area (Å²) in [5, 5.41) is 69.9. The number of aliphatic hydroxyl groups is 6. The van der Waals surface area contributed by atoms with Crippen LogP contribution in [0.1, 0.15) is 52.2 Å². The number of ether oxygens (including phenoxy) is 4. The van der Waals surface area contributed by atoms with Gasteiger partial charge in [-0.2, -0.15) is 12.6 Å². The Morgan fingerprint density at radius 1 is 0.632 bits per heavy atom. The molecule has 14 atom stereocenters. The third-order valence-electron chi connectivity index (χ3n) is 10.7. The van der Waals surface area contributed by atoms with Crippen LogP contribution in [0.3, 0.4) is 0 Å². The number of nitrogens with two attached hydrogens (primary N) is 2. The van der Waals surface area contributed by atoms with Gasteiger partial charge in [0.2, 0.25) is 35.4 Å². The van der Waals surface area contributed by atoms with E-state index < -0.39 is 134 Å². The Morgan fingerprint density at radius 2 is 0.985 bits per heavy atom. The van der Waals surface area contributed by atoms with Crippen molar-refractivity contribution in [1.82, 2.24) is 21.3 Å². The average Bonchev–Trinajstić information content (AvgIpc) is 3.34. The number of benzene rings is 2. The quantitative estimate of drug-likeness (QED) is 0.0520. The first-order valence-corrected chi connectivity index (χ1v) is 22.9. The second-order valence-corrected chi connectivity index (χ2v) is 16.2. The van der Waals surface area contributed by atoms with Gasteiger partial charge in [0.1, 0.15) is 60.8 Å². The molecule has 4 unspecified atom stereocenters. The molecule has 0 bridgehead atoms. The minimum absolute atomic E-state index is 0.129. The highest BCUT2D eigenvalue weighted by atomic mass is 32.1. The third kappa shape index (κ3) is 18.6. The Hall–Kier alpha value is -4.79. The highest BCUT2D eigenvalue weighted by Crippen LogP contribution is 2.24. The normalized spacial score (nSPS) is 26.1. The van der Waals surface area contributed by atoms with E-state index in [0.29, 0.717) is 0 Å². The van der Waals surface area contributed by atoms with Crippen molar-refractivity contribution in [2.45, 2.75) is 127 Å². The lowest BCUT2D eigenvalue weighted by Crippen LogP contribution is -2.65. The van der Waals surface area contributed by atoms with E-state index in [-0.39, 0.29) is 38.2 Å². The van der Waals surface area contributed by atoms with Gasteiger partial charge in [-0.25, -0.2) is 0 Å². The van der Waals surface area contributed by atoms with Crippen LogP contribution in [-0.2, 0) is 60.6 Å². The second kappa shape index (κ2) is 30.6. The monoisotopic (exact) mass is 982 g/mol. The van der Waals surface area contributed by atoms with Crippen molar-refractivity contribution in [3.05, 3.63) is 71.8 Å². The molecule has 2 aliphatic rings. The van der Waals surface area contributed by atoms with Crippen LogP contribution in [0, 0.1) is 11.8 Å². The fraction of sp³-hybridized carbons (Fsp3) is 0.600. The Balaban J connectivity index is 0.000000450. The van der Waals surface area contributed by atoms with Crippen molar-refractivity contribution in [2.24, 2.45) is 23.3 Å². The van der Waals surface area contributed by atoms with Gasteiger partial charge in [0.25, 0.3) is 0 Å². The lowest BCUT2D eigenvalue weighted by atomic mass is 9.96. The zero-order valence-corrected chi connectivity index (χ0v) is 39.8. The first-order chi connectivity index (χ1) is 32.3. The van der Waals surface area contributed by atoms with E-state index in [4.69, 9.17) is 30.4 Å². The van der Waals surface area contributed by atoms with E-state index in [1.54, 1.807) is 20.8 Å². The molecule has 0 radical (unpaired) electrons. The molecule has 4 rings (SSSR count). The summed E-state index contributed by atoms with van der Waals surface area (Å²) in [6.07, 6.45) is -10.0. The fourth-order valence-corrected chi connectivity index (χ4v) is 6.77. The smallest absolute Gasteiger partial charge is 0.240 e. The lowest BCUT2D eigenvalue weighted by molar-refractivity contribution is -0.272. The van der Waals surface area contributed by atoms with Crippen LogP contribution in [0.5, 0.6) is 0 Å². The summed E-state index contributed by atoms with van der Waals surface area (Å²) < 4.78 is 22.2. The molecule has 0 spiro atoms. The maximum Gasteiger partial charge on any atom is 0.240 e. The second-order valence-electron chi connectivity index (χ2n) is 15.9. The van der Waals surface area contributed by atoms with Crippen LogP contribution < -0.4 is 32.7 Å². The van der Waals surface area contributed by atoms with Crippen LogP contribution >= 0.6 is 12.6 Å². The minimum atomic E-state index is -1.49.